The summed E-state index contributed by atoms with van der Waals surface area (Å²) in [6.07, 6.45) is 3.06. The predicted octanol–water partition coefficient (Wildman–Crippen LogP) is 0.0355. The highest BCUT2D eigenvalue weighted by molar-refractivity contribution is 5.79. The first kappa shape index (κ1) is 13.4. The summed E-state index contributed by atoms with van der Waals surface area (Å²) in [5, 5.41) is 3.02. The molecule has 0 aromatic carbocycles. The van der Waals surface area contributed by atoms with Gasteiger partial charge in [-0.05, 0) is 25.8 Å². The molecule has 1 fully saturated rings. The number of ether oxygens (including phenoxy) is 2. The lowest BCUT2D eigenvalue weighted by atomic mass is 10.2. The molecule has 1 aliphatic rings. The van der Waals surface area contributed by atoms with E-state index in [4.69, 9.17) is 15.2 Å². The van der Waals surface area contributed by atoms with Gasteiger partial charge < -0.3 is 20.5 Å². The second kappa shape index (κ2) is 7.60. The van der Waals surface area contributed by atoms with Crippen LogP contribution >= 0.6 is 0 Å². The van der Waals surface area contributed by atoms with Gasteiger partial charge in [0.15, 0.2) is 0 Å². The molecule has 1 saturated heterocycles. The molecule has 0 spiro atoms. The maximum atomic E-state index is 11.0. The summed E-state index contributed by atoms with van der Waals surface area (Å²) >= 11 is 0. The summed E-state index contributed by atoms with van der Waals surface area (Å²) in [6.45, 7) is 4.69. The minimum absolute atomic E-state index is 0.242. The number of nitrogens with one attached hydrogen (secondary N) is 1. The van der Waals surface area contributed by atoms with E-state index in [9.17, 15) is 4.79 Å². The number of hydrogen-bond acceptors (Lipinski definition) is 4. The lowest BCUT2D eigenvalue weighted by molar-refractivity contribution is -0.120. The number of likely N-dealkylation sites (N-methyl/N-ethyl adjacent to an activating group) is 1. The van der Waals surface area contributed by atoms with Gasteiger partial charge in [0.2, 0.25) is 5.91 Å². The monoisotopic (exact) mass is 230 g/mol. The molecule has 0 aromatic heterocycles. The van der Waals surface area contributed by atoms with E-state index in [1.54, 1.807) is 0 Å². The Morgan fingerprint density at radius 2 is 2.50 bits per heavy atom. The maximum Gasteiger partial charge on any atom is 0.234 e. The SMILES string of the molecule is CCNC(CCOCC1CCCO1)C(N)=O. The van der Waals surface area contributed by atoms with Crippen molar-refractivity contribution in [2.75, 3.05) is 26.4 Å². The van der Waals surface area contributed by atoms with Gasteiger partial charge in [-0.1, -0.05) is 6.92 Å². The average Bonchev–Trinajstić information content (AvgIpc) is 2.75. The molecule has 3 N–H and O–H groups in total. The third-order valence-electron chi connectivity index (χ3n) is 2.67. The number of rotatable bonds is 8. The highest BCUT2D eigenvalue weighted by Crippen LogP contribution is 2.11. The molecule has 1 amide bonds. The highest BCUT2D eigenvalue weighted by atomic mass is 16.5. The molecule has 0 radical (unpaired) electrons. The van der Waals surface area contributed by atoms with E-state index < -0.39 is 0 Å². The second-order valence-corrected chi connectivity index (χ2v) is 4.01. The number of carbonyl (C=O) groups is 1. The third kappa shape index (κ3) is 4.92. The van der Waals surface area contributed by atoms with Crippen molar-refractivity contribution in [1.82, 2.24) is 5.32 Å². The van der Waals surface area contributed by atoms with E-state index in [2.05, 4.69) is 5.32 Å². The molecule has 1 rings (SSSR count). The van der Waals surface area contributed by atoms with Gasteiger partial charge in [0.05, 0.1) is 18.8 Å². The molecule has 0 bridgehead atoms. The van der Waals surface area contributed by atoms with Crippen molar-refractivity contribution in [2.45, 2.75) is 38.3 Å². The lowest BCUT2D eigenvalue weighted by Gasteiger charge is -2.15. The zero-order valence-corrected chi connectivity index (χ0v) is 9.91. The molecule has 5 heteroatoms. The molecular weight excluding hydrogens is 208 g/mol. The summed E-state index contributed by atoms with van der Waals surface area (Å²) in [7, 11) is 0. The largest absolute Gasteiger partial charge is 0.379 e. The minimum atomic E-state index is -0.317. The highest BCUT2D eigenvalue weighted by Gasteiger charge is 2.16. The maximum absolute atomic E-state index is 11.0. The van der Waals surface area contributed by atoms with Crippen molar-refractivity contribution < 1.29 is 14.3 Å². The topological polar surface area (TPSA) is 73.6 Å². The van der Waals surface area contributed by atoms with Gasteiger partial charge in [-0.15, -0.1) is 0 Å². The Morgan fingerprint density at radius 3 is 3.06 bits per heavy atom. The molecule has 1 aliphatic heterocycles. The van der Waals surface area contributed by atoms with Gasteiger partial charge >= 0.3 is 0 Å². The minimum Gasteiger partial charge on any atom is -0.379 e. The quantitative estimate of drug-likeness (QED) is 0.577. The second-order valence-electron chi connectivity index (χ2n) is 4.01. The number of amides is 1. The molecule has 2 unspecified atom stereocenters. The van der Waals surface area contributed by atoms with Crippen LogP contribution in [0, 0.1) is 0 Å². The van der Waals surface area contributed by atoms with E-state index in [0.29, 0.717) is 19.6 Å². The van der Waals surface area contributed by atoms with Gasteiger partial charge in [0, 0.05) is 13.2 Å². The molecule has 0 aliphatic carbocycles. The van der Waals surface area contributed by atoms with Crippen molar-refractivity contribution >= 4 is 5.91 Å². The zero-order chi connectivity index (χ0) is 11.8. The average molecular weight is 230 g/mol. The van der Waals surface area contributed by atoms with Gasteiger partial charge in [-0.2, -0.15) is 0 Å². The number of carbonyl (C=O) groups excluding carboxylic acids is 1. The zero-order valence-electron chi connectivity index (χ0n) is 9.91. The Kier molecular flexibility index (Phi) is 6.37. The predicted molar refractivity (Wildman–Crippen MR) is 61.1 cm³/mol. The van der Waals surface area contributed by atoms with E-state index >= 15 is 0 Å². The standard InChI is InChI=1S/C11H22N2O3/c1-2-13-10(11(12)14)5-7-15-8-9-4-3-6-16-9/h9-10,13H,2-8H2,1H3,(H2,12,14). The van der Waals surface area contributed by atoms with Crippen LogP contribution in [0.25, 0.3) is 0 Å². The van der Waals surface area contributed by atoms with Crippen LogP contribution in [0.2, 0.25) is 0 Å². The first-order chi connectivity index (χ1) is 7.74. The van der Waals surface area contributed by atoms with Crippen LogP contribution in [0.3, 0.4) is 0 Å². The van der Waals surface area contributed by atoms with Crippen LogP contribution in [0.4, 0.5) is 0 Å². The fourth-order valence-corrected chi connectivity index (χ4v) is 1.78. The van der Waals surface area contributed by atoms with Gasteiger partial charge in [0.1, 0.15) is 0 Å². The third-order valence-corrected chi connectivity index (χ3v) is 2.67. The van der Waals surface area contributed by atoms with E-state index in [1.807, 2.05) is 6.92 Å². The molecule has 0 saturated carbocycles. The van der Waals surface area contributed by atoms with Crippen molar-refractivity contribution in [3.63, 3.8) is 0 Å². The molecular formula is C11H22N2O3. The van der Waals surface area contributed by atoms with Gasteiger partial charge in [-0.3, -0.25) is 4.79 Å². The first-order valence-corrected chi connectivity index (χ1v) is 5.96. The van der Waals surface area contributed by atoms with Crippen LogP contribution in [-0.2, 0) is 14.3 Å². The van der Waals surface area contributed by atoms with Crippen LogP contribution in [0.5, 0.6) is 0 Å². The van der Waals surface area contributed by atoms with Crippen LogP contribution in [-0.4, -0.2) is 44.4 Å². The number of hydrogen-bond donors (Lipinski definition) is 2. The summed E-state index contributed by atoms with van der Waals surface area (Å²) in [5.41, 5.74) is 5.25. The normalized spacial score (nSPS) is 22.2. The Bertz CT molecular complexity index is 205. The van der Waals surface area contributed by atoms with E-state index in [-0.39, 0.29) is 18.1 Å². The Morgan fingerprint density at radius 1 is 1.69 bits per heavy atom. The molecule has 5 nitrogen and oxygen atoms in total. The smallest absolute Gasteiger partial charge is 0.234 e. The summed E-state index contributed by atoms with van der Waals surface area (Å²) in [4.78, 5) is 11.0. The molecule has 0 aromatic rings. The van der Waals surface area contributed by atoms with Crippen molar-refractivity contribution in [2.24, 2.45) is 5.73 Å². The number of primary amides is 1. The summed E-state index contributed by atoms with van der Waals surface area (Å²) in [5.74, 6) is -0.317. The summed E-state index contributed by atoms with van der Waals surface area (Å²) < 4.78 is 10.9. The fourth-order valence-electron chi connectivity index (χ4n) is 1.78. The fraction of sp³-hybridized carbons (Fsp3) is 0.909. The van der Waals surface area contributed by atoms with E-state index in [1.165, 1.54) is 0 Å². The van der Waals surface area contributed by atoms with Crippen LogP contribution in [0.15, 0.2) is 0 Å². The Balaban J connectivity index is 2.05. The van der Waals surface area contributed by atoms with Gasteiger partial charge in [-0.25, -0.2) is 0 Å². The van der Waals surface area contributed by atoms with Crippen molar-refractivity contribution in [1.29, 1.82) is 0 Å². The van der Waals surface area contributed by atoms with Crippen LogP contribution < -0.4 is 11.1 Å². The van der Waals surface area contributed by atoms with Crippen molar-refractivity contribution in [3.05, 3.63) is 0 Å². The van der Waals surface area contributed by atoms with Crippen molar-refractivity contribution in [3.8, 4) is 0 Å². The molecule has 2 atom stereocenters. The Labute approximate surface area is 96.7 Å². The Hall–Kier alpha value is -0.650. The van der Waals surface area contributed by atoms with E-state index in [0.717, 1.165) is 26.0 Å². The van der Waals surface area contributed by atoms with Crippen LogP contribution in [0.1, 0.15) is 26.2 Å². The first-order valence-electron chi connectivity index (χ1n) is 5.96. The molecule has 1 heterocycles. The molecule has 94 valence electrons. The number of nitrogens with two attached hydrogens (primary N) is 1. The van der Waals surface area contributed by atoms with Gasteiger partial charge in [0.25, 0.3) is 0 Å². The lowest BCUT2D eigenvalue weighted by Crippen LogP contribution is -2.42. The summed E-state index contributed by atoms with van der Waals surface area (Å²) in [6, 6.07) is -0.283. The molecule has 16 heavy (non-hydrogen) atoms.